The average Bonchev–Trinajstić information content (AvgIpc) is 2.99. The molecule has 0 aliphatic carbocycles. The number of carbonyl (C=O) groups excluding carboxylic acids is 1. The molecule has 1 amide bonds. The molecule has 0 aromatic heterocycles. The van der Waals surface area contributed by atoms with Crippen LogP contribution in [0.15, 0.2) is 30.3 Å². The quantitative estimate of drug-likeness (QED) is 0.744. The van der Waals surface area contributed by atoms with Gasteiger partial charge in [0.25, 0.3) is 0 Å². The fourth-order valence-electron chi connectivity index (χ4n) is 2.22. The van der Waals surface area contributed by atoms with Crippen LogP contribution in [0.2, 0.25) is 0 Å². The lowest BCUT2D eigenvalue weighted by atomic mass is 10.2. The number of nitrogens with zero attached hydrogens (tertiary/aromatic N) is 1. The van der Waals surface area contributed by atoms with E-state index in [2.05, 4.69) is 46.8 Å². The van der Waals surface area contributed by atoms with E-state index in [9.17, 15) is 4.79 Å². The first kappa shape index (κ1) is 15.4. The van der Waals surface area contributed by atoms with Gasteiger partial charge in [-0.15, -0.1) is 11.8 Å². The van der Waals surface area contributed by atoms with Gasteiger partial charge < -0.3 is 10.2 Å². The summed E-state index contributed by atoms with van der Waals surface area (Å²) in [4.78, 5) is 14.1. The fraction of sp³-hybridized carbons (Fsp3) is 0.533. The molecular formula is C15H23N3OS. The summed E-state index contributed by atoms with van der Waals surface area (Å²) < 4.78 is 0. The predicted molar refractivity (Wildman–Crippen MR) is 84.7 cm³/mol. The highest BCUT2D eigenvalue weighted by Gasteiger charge is 2.21. The largest absolute Gasteiger partial charge is 0.355 e. The fourth-order valence-corrected chi connectivity index (χ4v) is 3.16. The third kappa shape index (κ3) is 5.15. The Morgan fingerprint density at radius 2 is 2.25 bits per heavy atom. The molecule has 1 aliphatic rings. The van der Waals surface area contributed by atoms with Crippen molar-refractivity contribution in [1.29, 1.82) is 0 Å². The Labute approximate surface area is 125 Å². The van der Waals surface area contributed by atoms with Crippen molar-refractivity contribution in [3.63, 3.8) is 0 Å². The number of benzene rings is 1. The summed E-state index contributed by atoms with van der Waals surface area (Å²) in [5.74, 6) is 1.91. The van der Waals surface area contributed by atoms with Gasteiger partial charge in [0.1, 0.15) is 0 Å². The minimum absolute atomic E-state index is 0.00190. The lowest BCUT2D eigenvalue weighted by Gasteiger charge is -2.17. The molecule has 5 heteroatoms. The Kier molecular flexibility index (Phi) is 6.36. The van der Waals surface area contributed by atoms with Gasteiger partial charge in [-0.2, -0.15) is 0 Å². The molecule has 1 aromatic rings. The van der Waals surface area contributed by atoms with Crippen molar-refractivity contribution < 1.29 is 4.79 Å². The van der Waals surface area contributed by atoms with Crippen LogP contribution >= 0.6 is 11.8 Å². The highest BCUT2D eigenvalue weighted by atomic mass is 32.2. The van der Waals surface area contributed by atoms with Gasteiger partial charge in [-0.05, 0) is 25.6 Å². The van der Waals surface area contributed by atoms with E-state index in [0.717, 1.165) is 37.7 Å². The molecule has 2 rings (SSSR count). The third-order valence-corrected chi connectivity index (χ3v) is 4.28. The van der Waals surface area contributed by atoms with E-state index in [4.69, 9.17) is 0 Å². The van der Waals surface area contributed by atoms with E-state index >= 15 is 0 Å². The van der Waals surface area contributed by atoms with Crippen LogP contribution in [0, 0.1) is 0 Å². The first-order valence-corrected chi connectivity index (χ1v) is 8.22. The van der Waals surface area contributed by atoms with Crippen LogP contribution in [0.1, 0.15) is 12.0 Å². The van der Waals surface area contributed by atoms with Crippen LogP contribution in [-0.2, 0) is 11.3 Å². The molecule has 20 heavy (non-hydrogen) atoms. The standard InChI is InChI=1S/C15H23N3OS/c1-18(10-13-6-3-2-4-7-13)9-5-8-16-15(19)14-11-20-12-17-14/h2-4,6-7,14,17H,5,8-12H2,1H3,(H,16,19). The van der Waals surface area contributed by atoms with Crippen LogP contribution in [0.4, 0.5) is 0 Å². The normalized spacial score (nSPS) is 18.4. The maximum Gasteiger partial charge on any atom is 0.238 e. The van der Waals surface area contributed by atoms with Crippen LogP contribution in [0.3, 0.4) is 0 Å². The molecule has 110 valence electrons. The number of carbonyl (C=O) groups is 1. The number of hydrogen-bond donors (Lipinski definition) is 2. The second kappa shape index (κ2) is 8.29. The summed E-state index contributed by atoms with van der Waals surface area (Å²) in [6.45, 7) is 2.69. The second-order valence-electron chi connectivity index (χ2n) is 5.14. The molecule has 2 N–H and O–H groups in total. The molecule has 1 saturated heterocycles. The summed E-state index contributed by atoms with van der Waals surface area (Å²) in [5.41, 5.74) is 1.33. The second-order valence-corrected chi connectivity index (χ2v) is 6.17. The van der Waals surface area contributed by atoms with Crippen LogP contribution in [0.25, 0.3) is 0 Å². The maximum atomic E-state index is 11.8. The van der Waals surface area contributed by atoms with Gasteiger partial charge in [0, 0.05) is 24.7 Å². The zero-order valence-electron chi connectivity index (χ0n) is 12.0. The van der Waals surface area contributed by atoms with Gasteiger partial charge in [-0.25, -0.2) is 0 Å². The first-order chi connectivity index (χ1) is 9.75. The SMILES string of the molecule is CN(CCCNC(=O)C1CSCN1)Cc1ccccc1. The molecule has 1 aromatic carbocycles. The summed E-state index contributed by atoms with van der Waals surface area (Å²) in [6, 6.07) is 10.5. The molecule has 0 spiro atoms. The summed E-state index contributed by atoms with van der Waals surface area (Å²) in [7, 11) is 2.12. The molecule has 0 saturated carbocycles. The number of hydrogen-bond acceptors (Lipinski definition) is 4. The zero-order chi connectivity index (χ0) is 14.2. The Bertz CT molecular complexity index is 407. The Balaban J connectivity index is 1.57. The van der Waals surface area contributed by atoms with Gasteiger partial charge in [0.15, 0.2) is 0 Å². The minimum Gasteiger partial charge on any atom is -0.355 e. The Morgan fingerprint density at radius 1 is 1.45 bits per heavy atom. The molecule has 1 heterocycles. The maximum absolute atomic E-state index is 11.8. The minimum atomic E-state index is 0.00190. The van der Waals surface area contributed by atoms with Gasteiger partial charge in [0.2, 0.25) is 5.91 Å². The van der Waals surface area contributed by atoms with Crippen LogP contribution in [0.5, 0.6) is 0 Å². The van der Waals surface area contributed by atoms with E-state index in [1.54, 1.807) is 11.8 Å². The van der Waals surface area contributed by atoms with Gasteiger partial charge in [-0.1, -0.05) is 30.3 Å². The molecule has 4 nitrogen and oxygen atoms in total. The van der Waals surface area contributed by atoms with E-state index < -0.39 is 0 Å². The van der Waals surface area contributed by atoms with Crippen molar-refractivity contribution in [1.82, 2.24) is 15.5 Å². The number of amides is 1. The van der Waals surface area contributed by atoms with Gasteiger partial charge in [-0.3, -0.25) is 10.1 Å². The summed E-state index contributed by atoms with van der Waals surface area (Å²) in [5, 5.41) is 6.18. The number of thioether (sulfide) groups is 1. The van der Waals surface area contributed by atoms with Crippen molar-refractivity contribution >= 4 is 17.7 Å². The molecule has 1 aliphatic heterocycles. The topological polar surface area (TPSA) is 44.4 Å². The highest BCUT2D eigenvalue weighted by molar-refractivity contribution is 7.99. The third-order valence-electron chi connectivity index (χ3n) is 3.34. The summed E-state index contributed by atoms with van der Waals surface area (Å²) >= 11 is 1.78. The lowest BCUT2D eigenvalue weighted by Crippen LogP contribution is -2.42. The molecular weight excluding hydrogens is 270 g/mol. The molecule has 0 radical (unpaired) electrons. The molecule has 1 fully saturated rings. The number of nitrogens with one attached hydrogen (secondary N) is 2. The van der Waals surface area contributed by atoms with E-state index in [0.29, 0.717) is 0 Å². The smallest absolute Gasteiger partial charge is 0.238 e. The van der Waals surface area contributed by atoms with Gasteiger partial charge >= 0.3 is 0 Å². The predicted octanol–water partition coefficient (Wildman–Crippen LogP) is 1.29. The zero-order valence-corrected chi connectivity index (χ0v) is 12.8. The molecule has 1 atom stereocenters. The van der Waals surface area contributed by atoms with Crippen LogP contribution < -0.4 is 10.6 Å². The molecule has 0 bridgehead atoms. The van der Waals surface area contributed by atoms with E-state index in [-0.39, 0.29) is 11.9 Å². The highest BCUT2D eigenvalue weighted by Crippen LogP contribution is 2.09. The molecule has 1 unspecified atom stereocenters. The van der Waals surface area contributed by atoms with Crippen molar-refractivity contribution in [3.05, 3.63) is 35.9 Å². The Hall–Kier alpha value is -1.04. The monoisotopic (exact) mass is 293 g/mol. The first-order valence-electron chi connectivity index (χ1n) is 7.07. The van der Waals surface area contributed by atoms with E-state index in [1.807, 2.05) is 6.07 Å². The average molecular weight is 293 g/mol. The van der Waals surface area contributed by atoms with Crippen molar-refractivity contribution in [3.8, 4) is 0 Å². The van der Waals surface area contributed by atoms with Crippen molar-refractivity contribution in [2.24, 2.45) is 0 Å². The lowest BCUT2D eigenvalue weighted by molar-refractivity contribution is -0.122. The number of rotatable bonds is 7. The Morgan fingerprint density at radius 3 is 2.95 bits per heavy atom. The summed E-state index contributed by atoms with van der Waals surface area (Å²) in [6.07, 6.45) is 0.981. The van der Waals surface area contributed by atoms with Crippen LogP contribution in [-0.4, -0.2) is 48.6 Å². The van der Waals surface area contributed by atoms with Crippen molar-refractivity contribution in [2.75, 3.05) is 31.8 Å². The van der Waals surface area contributed by atoms with E-state index in [1.165, 1.54) is 5.56 Å². The van der Waals surface area contributed by atoms with Gasteiger partial charge in [0.05, 0.1) is 6.04 Å². The van der Waals surface area contributed by atoms with Crippen molar-refractivity contribution in [2.45, 2.75) is 19.0 Å².